The summed E-state index contributed by atoms with van der Waals surface area (Å²) < 4.78 is 55.7. The Morgan fingerprint density at radius 3 is 2.57 bits per heavy atom. The van der Waals surface area contributed by atoms with E-state index < -0.39 is 11.7 Å². The molecule has 1 saturated carbocycles. The minimum atomic E-state index is -4.43. The molecule has 2 N–H and O–H groups in total. The van der Waals surface area contributed by atoms with Gasteiger partial charge in [-0.2, -0.15) is 13.2 Å². The van der Waals surface area contributed by atoms with Crippen molar-refractivity contribution in [1.82, 2.24) is 15.5 Å². The molecule has 1 saturated heterocycles. The number of rotatable bonds is 8. The van der Waals surface area contributed by atoms with Gasteiger partial charge in [-0.1, -0.05) is 18.7 Å². The zero-order chi connectivity index (χ0) is 26.0. The van der Waals surface area contributed by atoms with Crippen LogP contribution in [0.25, 0.3) is 5.70 Å². The van der Waals surface area contributed by atoms with Crippen LogP contribution in [-0.4, -0.2) is 55.4 Å². The summed E-state index contributed by atoms with van der Waals surface area (Å²) in [7, 11) is 0. The molecule has 0 radical (unpaired) electrons. The highest BCUT2D eigenvalue weighted by atomic mass is 19.4. The molecule has 0 unspecified atom stereocenters. The Kier molecular flexibility index (Phi) is 7.19. The maximum Gasteiger partial charge on any atom is 0.416 e. The number of nitrogens with zero attached hydrogens (tertiary/aromatic N) is 1. The number of alkyl halides is 3. The molecule has 5 rings (SSSR count). The van der Waals surface area contributed by atoms with E-state index in [1.54, 1.807) is 0 Å². The van der Waals surface area contributed by atoms with Crippen molar-refractivity contribution in [2.45, 2.75) is 50.0 Å². The van der Waals surface area contributed by atoms with E-state index in [9.17, 15) is 18.0 Å². The van der Waals surface area contributed by atoms with Gasteiger partial charge in [0.15, 0.2) is 11.5 Å². The topological polar surface area (TPSA) is 72.1 Å². The number of hydrogen-bond donors (Lipinski definition) is 2. The second-order valence-electron chi connectivity index (χ2n) is 9.69. The number of carbonyl (C=O) groups is 1. The molecule has 0 aromatic heterocycles. The van der Waals surface area contributed by atoms with E-state index >= 15 is 0 Å². The average Bonchev–Trinajstić information content (AvgIpc) is 3.33. The van der Waals surface area contributed by atoms with Gasteiger partial charge in [0.25, 0.3) is 0 Å². The number of nitrogens with one attached hydrogen (secondary N) is 2. The molecule has 1 aliphatic carbocycles. The number of amides is 1. The normalized spacial score (nSPS) is 21.7. The minimum Gasteiger partial charge on any atom is -0.490 e. The van der Waals surface area contributed by atoms with Gasteiger partial charge in [-0.15, -0.1) is 0 Å². The van der Waals surface area contributed by atoms with Crippen LogP contribution in [-0.2, 0) is 11.0 Å². The predicted molar refractivity (Wildman–Crippen MR) is 131 cm³/mol. The Morgan fingerprint density at radius 1 is 1.05 bits per heavy atom. The first-order valence-electron chi connectivity index (χ1n) is 12.4. The molecule has 0 spiro atoms. The molecule has 1 amide bonds. The first-order valence-corrected chi connectivity index (χ1v) is 12.4. The lowest BCUT2D eigenvalue weighted by molar-refractivity contribution is -0.137. The van der Waals surface area contributed by atoms with Crippen molar-refractivity contribution in [3.05, 3.63) is 60.2 Å². The second-order valence-corrected chi connectivity index (χ2v) is 9.69. The summed E-state index contributed by atoms with van der Waals surface area (Å²) in [6, 6.07) is 11.1. The van der Waals surface area contributed by atoms with E-state index in [1.165, 1.54) is 12.1 Å². The SMILES string of the molecule is C=C(NCC(=O)NC1CN(C2CCC(Oc3ccc4c(c3)OCO4)CC2)C1)c1cccc(C(F)(F)F)c1. The highest BCUT2D eigenvalue weighted by molar-refractivity contribution is 5.80. The monoisotopic (exact) mass is 517 g/mol. The zero-order valence-electron chi connectivity index (χ0n) is 20.4. The van der Waals surface area contributed by atoms with Gasteiger partial charge >= 0.3 is 6.18 Å². The van der Waals surface area contributed by atoms with Crippen LogP contribution < -0.4 is 24.8 Å². The Bertz CT molecular complexity index is 1140. The number of likely N-dealkylation sites (tertiary alicyclic amines) is 1. The molecule has 37 heavy (non-hydrogen) atoms. The molecule has 2 fully saturated rings. The summed E-state index contributed by atoms with van der Waals surface area (Å²) in [5.74, 6) is 2.05. The van der Waals surface area contributed by atoms with E-state index in [2.05, 4.69) is 22.1 Å². The van der Waals surface area contributed by atoms with Gasteiger partial charge in [0, 0.05) is 30.9 Å². The van der Waals surface area contributed by atoms with Crippen LogP contribution in [0.5, 0.6) is 17.2 Å². The van der Waals surface area contributed by atoms with E-state index in [1.807, 2.05) is 18.2 Å². The van der Waals surface area contributed by atoms with Crippen LogP contribution in [0.3, 0.4) is 0 Å². The minimum absolute atomic E-state index is 0.0477. The van der Waals surface area contributed by atoms with E-state index in [0.717, 1.165) is 68.2 Å². The van der Waals surface area contributed by atoms with Gasteiger partial charge in [0.05, 0.1) is 24.3 Å². The Balaban J connectivity index is 0.991. The summed E-state index contributed by atoms with van der Waals surface area (Å²) >= 11 is 0. The van der Waals surface area contributed by atoms with Crippen LogP contribution >= 0.6 is 0 Å². The zero-order valence-corrected chi connectivity index (χ0v) is 20.4. The fourth-order valence-electron chi connectivity index (χ4n) is 5.02. The van der Waals surface area contributed by atoms with Gasteiger partial charge in [-0.3, -0.25) is 9.69 Å². The van der Waals surface area contributed by atoms with Crippen molar-refractivity contribution >= 4 is 11.6 Å². The molecular formula is C27H30F3N3O4. The third-order valence-corrected chi connectivity index (χ3v) is 7.08. The average molecular weight is 518 g/mol. The summed E-state index contributed by atoms with van der Waals surface area (Å²) in [4.78, 5) is 14.7. The fraction of sp³-hybridized carbons (Fsp3) is 0.444. The third-order valence-electron chi connectivity index (χ3n) is 7.08. The molecule has 0 bridgehead atoms. The Labute approximate surface area is 213 Å². The lowest BCUT2D eigenvalue weighted by Crippen LogP contribution is -2.63. The van der Waals surface area contributed by atoms with Crippen molar-refractivity contribution in [3.63, 3.8) is 0 Å². The molecule has 2 aromatic carbocycles. The number of ether oxygens (including phenoxy) is 3. The van der Waals surface area contributed by atoms with E-state index in [4.69, 9.17) is 14.2 Å². The molecule has 2 aromatic rings. The van der Waals surface area contributed by atoms with Crippen molar-refractivity contribution < 1.29 is 32.2 Å². The number of hydrogen-bond acceptors (Lipinski definition) is 6. The van der Waals surface area contributed by atoms with Crippen LogP contribution in [0.1, 0.15) is 36.8 Å². The van der Waals surface area contributed by atoms with Gasteiger partial charge in [-0.25, -0.2) is 0 Å². The predicted octanol–water partition coefficient (Wildman–Crippen LogP) is 4.19. The van der Waals surface area contributed by atoms with Crippen molar-refractivity contribution in [1.29, 1.82) is 0 Å². The smallest absolute Gasteiger partial charge is 0.416 e. The molecule has 3 aliphatic rings. The molecular weight excluding hydrogens is 487 g/mol. The molecule has 2 aliphatic heterocycles. The highest BCUT2D eigenvalue weighted by Gasteiger charge is 2.36. The first kappa shape index (κ1) is 25.3. The highest BCUT2D eigenvalue weighted by Crippen LogP contribution is 2.37. The van der Waals surface area contributed by atoms with Gasteiger partial charge in [-0.05, 0) is 55.5 Å². The van der Waals surface area contributed by atoms with Crippen LogP contribution in [0.4, 0.5) is 13.2 Å². The fourth-order valence-corrected chi connectivity index (χ4v) is 5.02. The van der Waals surface area contributed by atoms with Gasteiger partial charge in [0.2, 0.25) is 12.7 Å². The second kappa shape index (κ2) is 10.5. The lowest BCUT2D eigenvalue weighted by Gasteiger charge is -2.46. The molecule has 10 heteroatoms. The van der Waals surface area contributed by atoms with Crippen LogP contribution in [0, 0.1) is 0 Å². The molecule has 2 heterocycles. The number of fused-ring (bicyclic) bond motifs is 1. The van der Waals surface area contributed by atoms with Crippen molar-refractivity contribution in [2.24, 2.45) is 0 Å². The van der Waals surface area contributed by atoms with Gasteiger partial charge in [0.1, 0.15) is 5.75 Å². The lowest BCUT2D eigenvalue weighted by atomic mass is 9.89. The molecule has 198 valence electrons. The Morgan fingerprint density at radius 2 is 1.81 bits per heavy atom. The maximum absolute atomic E-state index is 12.9. The summed E-state index contributed by atoms with van der Waals surface area (Å²) in [6.45, 7) is 5.54. The Hall–Kier alpha value is -3.40. The van der Waals surface area contributed by atoms with E-state index in [-0.39, 0.29) is 37.1 Å². The summed E-state index contributed by atoms with van der Waals surface area (Å²) in [6.07, 6.45) is -0.252. The van der Waals surface area contributed by atoms with Crippen molar-refractivity contribution in [3.8, 4) is 17.2 Å². The molecule has 0 atom stereocenters. The van der Waals surface area contributed by atoms with E-state index in [0.29, 0.717) is 11.6 Å². The van der Waals surface area contributed by atoms with Crippen LogP contribution in [0.15, 0.2) is 49.0 Å². The number of halogens is 3. The maximum atomic E-state index is 12.9. The van der Waals surface area contributed by atoms with Crippen LogP contribution in [0.2, 0.25) is 0 Å². The number of benzene rings is 2. The largest absolute Gasteiger partial charge is 0.490 e. The quantitative estimate of drug-likeness (QED) is 0.548. The van der Waals surface area contributed by atoms with Gasteiger partial charge < -0.3 is 24.8 Å². The standard InChI is InChI=1S/C27H30F3N3O4/c1-17(18-3-2-4-19(11-18)27(28,29)30)31-13-26(34)32-20-14-33(15-20)21-5-7-22(8-6-21)37-23-9-10-24-25(12-23)36-16-35-24/h2-4,9-12,20-22,31H,1,5-8,13-16H2,(H,32,34). The summed E-state index contributed by atoms with van der Waals surface area (Å²) in [5.41, 5.74) is -0.174. The third kappa shape index (κ3) is 6.12. The first-order chi connectivity index (χ1) is 17.7. The number of carbonyl (C=O) groups excluding carboxylic acids is 1. The van der Waals surface area contributed by atoms with Crippen molar-refractivity contribution in [2.75, 3.05) is 26.4 Å². The summed E-state index contributed by atoms with van der Waals surface area (Å²) in [5, 5.41) is 5.81. The molecule has 7 nitrogen and oxygen atoms in total.